The van der Waals surface area contributed by atoms with E-state index < -0.39 is 0 Å². The van der Waals surface area contributed by atoms with Crippen molar-refractivity contribution in [1.82, 2.24) is 24.9 Å². The summed E-state index contributed by atoms with van der Waals surface area (Å²) < 4.78 is 7.07. The van der Waals surface area contributed by atoms with Crippen molar-refractivity contribution in [2.45, 2.75) is 6.54 Å². The van der Waals surface area contributed by atoms with E-state index in [0.717, 1.165) is 11.4 Å². The molecule has 1 aromatic carbocycles. The van der Waals surface area contributed by atoms with Gasteiger partial charge in [-0.3, -0.25) is 9.67 Å². The van der Waals surface area contributed by atoms with Crippen LogP contribution in [-0.4, -0.2) is 24.9 Å². The maximum Gasteiger partial charge on any atom is 0.213 e. The molecule has 18 heavy (non-hydrogen) atoms. The molecule has 0 amide bonds. The van der Waals surface area contributed by atoms with Gasteiger partial charge in [-0.2, -0.15) is 10.1 Å². The van der Waals surface area contributed by atoms with Crippen molar-refractivity contribution in [2.75, 3.05) is 0 Å². The second-order valence-corrected chi connectivity index (χ2v) is 4.04. The van der Waals surface area contributed by atoms with Crippen molar-refractivity contribution in [1.29, 1.82) is 0 Å². The Bertz CT molecular complexity index is 686. The molecule has 3 rings (SSSR count). The fourth-order valence-electron chi connectivity index (χ4n) is 1.68. The van der Waals surface area contributed by atoms with E-state index in [2.05, 4.69) is 20.3 Å². The van der Waals surface area contributed by atoms with Gasteiger partial charge in [-0.15, -0.1) is 0 Å². The first-order chi connectivity index (χ1) is 8.84. The number of aromatic amines is 1. The zero-order chi connectivity index (χ0) is 12.4. The van der Waals surface area contributed by atoms with Crippen LogP contribution in [0.25, 0.3) is 11.4 Å². The predicted octanol–water partition coefficient (Wildman–Crippen LogP) is 2.04. The zero-order valence-electron chi connectivity index (χ0n) is 9.28. The Labute approximate surface area is 107 Å². The number of H-pyrrole nitrogens is 1. The zero-order valence-corrected chi connectivity index (χ0v) is 10.1. The Morgan fingerprint density at radius 1 is 1.28 bits per heavy atom. The molecule has 0 atom stereocenters. The fourth-order valence-corrected chi connectivity index (χ4v) is 1.87. The summed E-state index contributed by atoms with van der Waals surface area (Å²) in [6.07, 6.45) is 1.29. The van der Waals surface area contributed by atoms with Gasteiger partial charge in [0.2, 0.25) is 6.39 Å². The highest BCUT2D eigenvalue weighted by Gasteiger charge is 2.10. The molecule has 0 fully saturated rings. The highest BCUT2D eigenvalue weighted by Crippen LogP contribution is 2.17. The molecule has 7 heteroatoms. The smallest absolute Gasteiger partial charge is 0.213 e. The molecule has 0 spiro atoms. The molecule has 90 valence electrons. The minimum atomic E-state index is 0.427. The summed E-state index contributed by atoms with van der Waals surface area (Å²) in [5, 5.41) is 10.8. The molecular formula is C11H9N5OS. The average Bonchev–Trinajstić information content (AvgIpc) is 3.03. The molecular weight excluding hydrogens is 250 g/mol. The third-order valence-corrected chi connectivity index (χ3v) is 2.81. The summed E-state index contributed by atoms with van der Waals surface area (Å²) in [5.41, 5.74) is 0.980. The number of aromatic nitrogens is 5. The van der Waals surface area contributed by atoms with Gasteiger partial charge < -0.3 is 4.52 Å². The summed E-state index contributed by atoms with van der Waals surface area (Å²) in [6, 6.07) is 9.79. The van der Waals surface area contributed by atoms with Crippen LogP contribution in [0.3, 0.4) is 0 Å². The second kappa shape index (κ2) is 4.53. The van der Waals surface area contributed by atoms with Gasteiger partial charge in [0.05, 0.1) is 6.54 Å². The first-order valence-corrected chi connectivity index (χ1v) is 5.71. The number of nitrogens with zero attached hydrogens (tertiary/aromatic N) is 4. The van der Waals surface area contributed by atoms with Crippen LogP contribution in [0.4, 0.5) is 0 Å². The molecule has 0 aliphatic rings. The number of hydrogen-bond donors (Lipinski definition) is 1. The van der Waals surface area contributed by atoms with E-state index in [4.69, 9.17) is 16.7 Å². The van der Waals surface area contributed by atoms with Gasteiger partial charge in [-0.25, -0.2) is 0 Å². The van der Waals surface area contributed by atoms with Gasteiger partial charge in [-0.05, 0) is 12.2 Å². The summed E-state index contributed by atoms with van der Waals surface area (Å²) in [6.45, 7) is 0.427. The molecule has 6 nitrogen and oxygen atoms in total. The van der Waals surface area contributed by atoms with E-state index >= 15 is 0 Å². The molecule has 0 unspecified atom stereocenters. The number of benzene rings is 1. The Kier molecular flexibility index (Phi) is 2.73. The highest BCUT2D eigenvalue weighted by molar-refractivity contribution is 7.71. The Morgan fingerprint density at radius 3 is 2.83 bits per heavy atom. The number of hydrogen-bond acceptors (Lipinski definition) is 5. The Hall–Kier alpha value is -2.28. The SMILES string of the molecule is S=c1[nH]nc(-c2ccccc2)n1Cc1ncon1. The molecule has 0 aliphatic heterocycles. The molecule has 3 aromatic rings. The molecule has 0 aliphatic carbocycles. The van der Waals surface area contributed by atoms with E-state index in [1.807, 2.05) is 34.9 Å². The van der Waals surface area contributed by atoms with E-state index in [0.29, 0.717) is 17.1 Å². The van der Waals surface area contributed by atoms with Gasteiger partial charge in [-0.1, -0.05) is 35.5 Å². The minimum absolute atomic E-state index is 0.427. The summed E-state index contributed by atoms with van der Waals surface area (Å²) >= 11 is 5.20. The van der Waals surface area contributed by atoms with Gasteiger partial charge >= 0.3 is 0 Å². The van der Waals surface area contributed by atoms with Crippen molar-refractivity contribution in [3.63, 3.8) is 0 Å². The lowest BCUT2D eigenvalue weighted by Gasteiger charge is -2.03. The summed E-state index contributed by atoms with van der Waals surface area (Å²) in [5.74, 6) is 1.31. The maximum absolute atomic E-state index is 5.20. The van der Waals surface area contributed by atoms with Gasteiger partial charge in [0.25, 0.3) is 0 Å². The monoisotopic (exact) mass is 259 g/mol. The third-order valence-electron chi connectivity index (χ3n) is 2.50. The standard InChI is InChI=1S/C11H9N5OS/c18-11-14-13-10(8-4-2-1-3-5-8)16(11)6-9-12-7-17-15-9/h1-5,7H,6H2,(H,14,18). The molecule has 0 saturated carbocycles. The van der Waals surface area contributed by atoms with Gasteiger partial charge in [0.15, 0.2) is 16.4 Å². The molecule has 1 N–H and O–H groups in total. The molecule has 0 bridgehead atoms. The topological polar surface area (TPSA) is 72.5 Å². The normalized spacial score (nSPS) is 10.7. The summed E-state index contributed by atoms with van der Waals surface area (Å²) in [7, 11) is 0. The first-order valence-electron chi connectivity index (χ1n) is 5.30. The largest absolute Gasteiger partial charge is 0.343 e. The average molecular weight is 259 g/mol. The highest BCUT2D eigenvalue weighted by atomic mass is 32.1. The van der Waals surface area contributed by atoms with Crippen molar-refractivity contribution < 1.29 is 4.52 Å². The predicted molar refractivity (Wildman–Crippen MR) is 66.2 cm³/mol. The van der Waals surface area contributed by atoms with Crippen molar-refractivity contribution in [2.24, 2.45) is 0 Å². The van der Waals surface area contributed by atoms with Crippen LogP contribution in [0.5, 0.6) is 0 Å². The number of nitrogens with one attached hydrogen (secondary N) is 1. The quantitative estimate of drug-likeness (QED) is 0.729. The van der Waals surface area contributed by atoms with Crippen LogP contribution in [0.1, 0.15) is 5.82 Å². The first kappa shape index (κ1) is 10.8. The molecule has 0 saturated heterocycles. The van der Waals surface area contributed by atoms with Crippen molar-refractivity contribution in [3.05, 3.63) is 47.3 Å². The van der Waals surface area contributed by atoms with E-state index in [-0.39, 0.29) is 0 Å². The molecule has 2 aromatic heterocycles. The maximum atomic E-state index is 5.20. The van der Waals surface area contributed by atoms with Gasteiger partial charge in [0.1, 0.15) is 0 Å². The Balaban J connectivity index is 2.04. The van der Waals surface area contributed by atoms with Crippen LogP contribution in [-0.2, 0) is 6.54 Å². The lowest BCUT2D eigenvalue weighted by Crippen LogP contribution is -2.03. The lowest BCUT2D eigenvalue weighted by molar-refractivity contribution is 0.408. The third kappa shape index (κ3) is 1.95. The van der Waals surface area contributed by atoms with E-state index in [1.165, 1.54) is 6.39 Å². The van der Waals surface area contributed by atoms with Crippen molar-refractivity contribution in [3.8, 4) is 11.4 Å². The van der Waals surface area contributed by atoms with Crippen LogP contribution in [0.15, 0.2) is 41.2 Å². The van der Waals surface area contributed by atoms with Crippen LogP contribution < -0.4 is 0 Å². The van der Waals surface area contributed by atoms with E-state index in [9.17, 15) is 0 Å². The molecule has 0 radical (unpaired) electrons. The Morgan fingerprint density at radius 2 is 2.11 bits per heavy atom. The lowest BCUT2D eigenvalue weighted by atomic mass is 10.2. The second-order valence-electron chi connectivity index (χ2n) is 3.65. The number of rotatable bonds is 3. The van der Waals surface area contributed by atoms with Crippen LogP contribution in [0, 0.1) is 4.77 Å². The van der Waals surface area contributed by atoms with Crippen LogP contribution in [0.2, 0.25) is 0 Å². The van der Waals surface area contributed by atoms with E-state index in [1.54, 1.807) is 0 Å². The van der Waals surface area contributed by atoms with Crippen LogP contribution >= 0.6 is 12.2 Å². The molecule has 2 heterocycles. The minimum Gasteiger partial charge on any atom is -0.343 e. The fraction of sp³-hybridized carbons (Fsp3) is 0.0909. The van der Waals surface area contributed by atoms with Crippen molar-refractivity contribution >= 4 is 12.2 Å². The van der Waals surface area contributed by atoms with Gasteiger partial charge in [0, 0.05) is 5.56 Å². The summed E-state index contributed by atoms with van der Waals surface area (Å²) in [4.78, 5) is 3.98.